The predicted molar refractivity (Wildman–Crippen MR) is 84.0 cm³/mol. The molecule has 2 atom stereocenters. The summed E-state index contributed by atoms with van der Waals surface area (Å²) in [5, 5.41) is 3.45. The molecule has 3 nitrogen and oxygen atoms in total. The fourth-order valence-corrected chi connectivity index (χ4v) is 3.37. The Morgan fingerprint density at radius 3 is 2.57 bits per heavy atom. The first-order valence-corrected chi connectivity index (χ1v) is 7.79. The highest BCUT2D eigenvalue weighted by molar-refractivity contribution is 5.29. The van der Waals surface area contributed by atoms with Crippen LogP contribution >= 0.6 is 0 Å². The van der Waals surface area contributed by atoms with Gasteiger partial charge in [0.1, 0.15) is 5.82 Å². The minimum absolute atomic E-state index is 0.0111. The van der Waals surface area contributed by atoms with E-state index in [-0.39, 0.29) is 17.4 Å². The monoisotopic (exact) mass is 294 g/mol. The molecule has 4 heteroatoms. The van der Waals surface area contributed by atoms with Gasteiger partial charge in [0.05, 0.1) is 19.3 Å². The van der Waals surface area contributed by atoms with E-state index in [0.717, 1.165) is 38.3 Å². The Hall–Kier alpha value is -0.970. The van der Waals surface area contributed by atoms with Gasteiger partial charge in [0, 0.05) is 18.6 Å². The summed E-state index contributed by atoms with van der Waals surface area (Å²) >= 11 is 0. The summed E-state index contributed by atoms with van der Waals surface area (Å²) in [6, 6.07) is 5.60. The molecule has 0 aromatic heterocycles. The highest BCUT2D eigenvalue weighted by Gasteiger charge is 2.39. The molecule has 2 unspecified atom stereocenters. The Labute approximate surface area is 127 Å². The highest BCUT2D eigenvalue weighted by Crippen LogP contribution is 2.35. The molecule has 1 saturated heterocycles. The van der Waals surface area contributed by atoms with Gasteiger partial charge < -0.3 is 10.1 Å². The van der Waals surface area contributed by atoms with Gasteiger partial charge in [0.2, 0.25) is 0 Å². The van der Waals surface area contributed by atoms with Crippen molar-refractivity contribution in [3.8, 4) is 0 Å². The zero-order valence-electron chi connectivity index (χ0n) is 13.6. The van der Waals surface area contributed by atoms with Gasteiger partial charge in [0.15, 0.2) is 0 Å². The Morgan fingerprint density at radius 1 is 1.38 bits per heavy atom. The van der Waals surface area contributed by atoms with Crippen molar-refractivity contribution in [1.82, 2.24) is 10.2 Å². The Bertz CT molecular complexity index is 474. The van der Waals surface area contributed by atoms with Crippen LogP contribution in [-0.4, -0.2) is 43.8 Å². The molecular formula is C17H27FN2O. The smallest absolute Gasteiger partial charge is 0.126 e. The van der Waals surface area contributed by atoms with Crippen LogP contribution in [0.4, 0.5) is 4.39 Å². The lowest BCUT2D eigenvalue weighted by atomic mass is 9.82. The molecule has 0 amide bonds. The van der Waals surface area contributed by atoms with Gasteiger partial charge >= 0.3 is 0 Å². The number of hydrogen-bond acceptors (Lipinski definition) is 3. The maximum atomic E-state index is 13.6. The average Bonchev–Trinajstić information content (AvgIpc) is 2.52. The van der Waals surface area contributed by atoms with Gasteiger partial charge in [-0.2, -0.15) is 0 Å². The van der Waals surface area contributed by atoms with Crippen molar-refractivity contribution in [2.24, 2.45) is 0 Å². The molecule has 0 radical (unpaired) electrons. The van der Waals surface area contributed by atoms with Crippen LogP contribution in [0.1, 0.15) is 37.4 Å². The zero-order chi connectivity index (χ0) is 15.5. The molecule has 21 heavy (non-hydrogen) atoms. The first-order valence-electron chi connectivity index (χ1n) is 7.79. The van der Waals surface area contributed by atoms with E-state index in [4.69, 9.17) is 4.74 Å². The van der Waals surface area contributed by atoms with Crippen molar-refractivity contribution in [3.05, 3.63) is 35.1 Å². The largest absolute Gasteiger partial charge is 0.379 e. The summed E-state index contributed by atoms with van der Waals surface area (Å²) in [5.41, 5.74) is 1.84. The summed E-state index contributed by atoms with van der Waals surface area (Å²) < 4.78 is 19.0. The number of rotatable bonds is 5. The van der Waals surface area contributed by atoms with E-state index in [1.807, 2.05) is 26.1 Å². The summed E-state index contributed by atoms with van der Waals surface area (Å²) in [6.45, 7) is 9.80. The van der Waals surface area contributed by atoms with Crippen molar-refractivity contribution < 1.29 is 9.13 Å². The summed E-state index contributed by atoms with van der Waals surface area (Å²) in [4.78, 5) is 2.50. The van der Waals surface area contributed by atoms with E-state index >= 15 is 0 Å². The van der Waals surface area contributed by atoms with Crippen molar-refractivity contribution in [1.29, 1.82) is 0 Å². The number of morpholine rings is 1. The van der Waals surface area contributed by atoms with Gasteiger partial charge in [-0.3, -0.25) is 4.90 Å². The lowest BCUT2D eigenvalue weighted by molar-refractivity contribution is -0.0319. The number of nitrogens with one attached hydrogen (secondary N) is 1. The fraction of sp³-hybridized carbons (Fsp3) is 0.647. The number of ether oxygens (including phenoxy) is 1. The molecule has 0 spiro atoms. The average molecular weight is 294 g/mol. The topological polar surface area (TPSA) is 24.5 Å². The first kappa shape index (κ1) is 16.4. The SMILES string of the molecule is CCC(C)(C(NC)c1ccc(F)c(C)c1)N1CCOCC1. The van der Waals surface area contributed by atoms with Crippen LogP contribution in [0.5, 0.6) is 0 Å². The summed E-state index contributed by atoms with van der Waals surface area (Å²) in [5.74, 6) is -0.141. The third-order valence-electron chi connectivity index (χ3n) is 4.88. The van der Waals surface area contributed by atoms with Gasteiger partial charge in [-0.05, 0) is 44.5 Å². The number of halogens is 1. The van der Waals surface area contributed by atoms with Crippen LogP contribution < -0.4 is 5.32 Å². The number of benzene rings is 1. The maximum Gasteiger partial charge on any atom is 0.126 e. The molecule has 1 aromatic carbocycles. The lowest BCUT2D eigenvalue weighted by Gasteiger charge is -2.48. The molecule has 1 aliphatic heterocycles. The standard InChI is InChI=1S/C17H27FN2O/c1-5-17(3,20-8-10-21-11-9-20)16(19-4)14-6-7-15(18)13(2)12-14/h6-7,12,16,19H,5,8-11H2,1-4H3. The van der Waals surface area contributed by atoms with Crippen LogP contribution in [0.2, 0.25) is 0 Å². The zero-order valence-corrected chi connectivity index (χ0v) is 13.6. The molecule has 1 heterocycles. The second-order valence-electron chi connectivity index (χ2n) is 6.04. The third-order valence-corrected chi connectivity index (χ3v) is 4.88. The van der Waals surface area contributed by atoms with Gasteiger partial charge in [-0.1, -0.05) is 19.1 Å². The molecular weight excluding hydrogens is 267 g/mol. The Morgan fingerprint density at radius 2 is 2.05 bits per heavy atom. The van der Waals surface area contributed by atoms with E-state index in [1.165, 1.54) is 0 Å². The van der Waals surface area contributed by atoms with E-state index < -0.39 is 0 Å². The molecule has 0 aliphatic carbocycles. The lowest BCUT2D eigenvalue weighted by Crippen LogP contribution is -2.57. The minimum Gasteiger partial charge on any atom is -0.379 e. The van der Waals surface area contributed by atoms with Crippen molar-refractivity contribution in [2.75, 3.05) is 33.4 Å². The summed E-state index contributed by atoms with van der Waals surface area (Å²) in [6.07, 6.45) is 1.02. The molecule has 1 aromatic rings. The number of nitrogens with zero attached hydrogens (tertiary/aromatic N) is 1. The Balaban J connectivity index is 2.33. The van der Waals surface area contributed by atoms with Crippen LogP contribution in [0.15, 0.2) is 18.2 Å². The maximum absolute atomic E-state index is 13.6. The first-order chi connectivity index (χ1) is 10.0. The van der Waals surface area contributed by atoms with E-state index in [0.29, 0.717) is 5.56 Å². The number of aryl methyl sites for hydroxylation is 1. The number of likely N-dealkylation sites (N-methyl/N-ethyl adjacent to an activating group) is 1. The van der Waals surface area contributed by atoms with Gasteiger partial charge in [0.25, 0.3) is 0 Å². The minimum atomic E-state index is -0.141. The van der Waals surface area contributed by atoms with E-state index in [2.05, 4.69) is 24.1 Å². The fourth-order valence-electron chi connectivity index (χ4n) is 3.37. The van der Waals surface area contributed by atoms with Gasteiger partial charge in [-0.25, -0.2) is 4.39 Å². The van der Waals surface area contributed by atoms with Crippen LogP contribution in [0, 0.1) is 12.7 Å². The third kappa shape index (κ3) is 3.28. The van der Waals surface area contributed by atoms with Crippen LogP contribution in [0.3, 0.4) is 0 Å². The van der Waals surface area contributed by atoms with Crippen molar-refractivity contribution in [2.45, 2.75) is 38.8 Å². The molecule has 2 rings (SSSR count). The van der Waals surface area contributed by atoms with Crippen LogP contribution in [0.25, 0.3) is 0 Å². The van der Waals surface area contributed by atoms with E-state index in [9.17, 15) is 4.39 Å². The second kappa shape index (κ2) is 6.86. The normalized spacial score (nSPS) is 21.0. The Kier molecular flexibility index (Phi) is 5.36. The van der Waals surface area contributed by atoms with E-state index in [1.54, 1.807) is 6.07 Å². The highest BCUT2D eigenvalue weighted by atomic mass is 19.1. The molecule has 1 N–H and O–H groups in total. The molecule has 118 valence electrons. The van der Waals surface area contributed by atoms with Gasteiger partial charge in [-0.15, -0.1) is 0 Å². The molecule has 1 fully saturated rings. The molecule has 1 aliphatic rings. The van der Waals surface area contributed by atoms with Crippen molar-refractivity contribution >= 4 is 0 Å². The quantitative estimate of drug-likeness (QED) is 0.904. The molecule has 0 saturated carbocycles. The second-order valence-corrected chi connectivity index (χ2v) is 6.04. The molecule has 0 bridgehead atoms. The number of hydrogen-bond donors (Lipinski definition) is 1. The predicted octanol–water partition coefficient (Wildman–Crippen LogP) is 2.90. The van der Waals surface area contributed by atoms with Crippen molar-refractivity contribution in [3.63, 3.8) is 0 Å². The summed E-state index contributed by atoms with van der Waals surface area (Å²) in [7, 11) is 1.98. The van der Waals surface area contributed by atoms with Crippen LogP contribution in [-0.2, 0) is 4.74 Å².